The van der Waals surface area contributed by atoms with E-state index < -0.39 is 0 Å². The minimum absolute atomic E-state index is 0.335. The number of amides is 1. The van der Waals surface area contributed by atoms with Gasteiger partial charge in [-0.2, -0.15) is 0 Å². The second-order valence-electron chi connectivity index (χ2n) is 5.64. The molecule has 0 saturated carbocycles. The second kappa shape index (κ2) is 5.83. The minimum Gasteiger partial charge on any atom is -0.342 e. The fourth-order valence-corrected chi connectivity index (χ4v) is 2.56. The van der Waals surface area contributed by atoms with E-state index in [0.717, 1.165) is 45.2 Å². The molecule has 2 fully saturated rings. The van der Waals surface area contributed by atoms with Gasteiger partial charge >= 0.3 is 0 Å². The molecule has 2 aliphatic heterocycles. The minimum atomic E-state index is 0.335. The smallest absolute Gasteiger partial charge is 0.236 e. The lowest BCUT2D eigenvalue weighted by Gasteiger charge is -2.35. The van der Waals surface area contributed by atoms with E-state index in [-0.39, 0.29) is 0 Å². The second-order valence-corrected chi connectivity index (χ2v) is 5.64. The van der Waals surface area contributed by atoms with Crippen molar-refractivity contribution in [2.75, 3.05) is 52.9 Å². The summed E-state index contributed by atoms with van der Waals surface area (Å²) in [5, 5.41) is 0. The van der Waals surface area contributed by atoms with Gasteiger partial charge in [-0.25, -0.2) is 0 Å². The fraction of sp³-hybridized carbons (Fsp3) is 0.923. The topological polar surface area (TPSA) is 26.8 Å². The van der Waals surface area contributed by atoms with Crippen molar-refractivity contribution in [3.05, 3.63) is 0 Å². The molecule has 98 valence electrons. The molecule has 0 aromatic rings. The first-order chi connectivity index (χ1) is 8.15. The monoisotopic (exact) mass is 239 g/mol. The van der Waals surface area contributed by atoms with Crippen molar-refractivity contribution in [2.24, 2.45) is 5.92 Å². The Morgan fingerprint density at radius 3 is 2.24 bits per heavy atom. The molecule has 2 heterocycles. The quantitative estimate of drug-likeness (QED) is 0.702. The molecule has 0 bridgehead atoms. The predicted octanol–water partition coefficient (Wildman–Crippen LogP) is 0.492. The number of hydrogen-bond donors (Lipinski definition) is 0. The normalized spacial score (nSPS) is 25.2. The van der Waals surface area contributed by atoms with Crippen LogP contribution in [0.3, 0.4) is 0 Å². The Bertz CT molecular complexity index is 253. The number of carbonyl (C=O) groups excluding carboxylic acids is 1. The van der Waals surface area contributed by atoms with Gasteiger partial charge in [0.15, 0.2) is 0 Å². The van der Waals surface area contributed by atoms with Crippen LogP contribution < -0.4 is 0 Å². The lowest BCUT2D eigenvalue weighted by Crippen LogP contribution is -2.50. The highest BCUT2D eigenvalue weighted by atomic mass is 16.2. The summed E-state index contributed by atoms with van der Waals surface area (Å²) < 4.78 is 0. The van der Waals surface area contributed by atoms with E-state index in [1.165, 1.54) is 12.8 Å². The van der Waals surface area contributed by atoms with Crippen LogP contribution in [0.4, 0.5) is 0 Å². The number of nitrogens with zero attached hydrogens (tertiary/aromatic N) is 3. The molecule has 0 aromatic heterocycles. The van der Waals surface area contributed by atoms with E-state index in [1.54, 1.807) is 0 Å². The summed E-state index contributed by atoms with van der Waals surface area (Å²) in [5.41, 5.74) is 0. The molecule has 0 atom stereocenters. The van der Waals surface area contributed by atoms with Gasteiger partial charge in [-0.15, -0.1) is 0 Å². The number of likely N-dealkylation sites (N-methyl/N-ethyl adjacent to an activating group) is 1. The van der Waals surface area contributed by atoms with Crippen molar-refractivity contribution in [2.45, 2.75) is 19.8 Å². The lowest BCUT2D eigenvalue weighted by atomic mass is 9.99. The van der Waals surface area contributed by atoms with E-state index in [4.69, 9.17) is 0 Å². The van der Waals surface area contributed by atoms with E-state index in [0.29, 0.717) is 12.5 Å². The van der Waals surface area contributed by atoms with Gasteiger partial charge < -0.3 is 9.80 Å². The average molecular weight is 239 g/mol. The van der Waals surface area contributed by atoms with Crippen molar-refractivity contribution in [3.8, 4) is 0 Å². The number of carbonyl (C=O) groups is 1. The molecule has 17 heavy (non-hydrogen) atoms. The Kier molecular flexibility index (Phi) is 4.40. The standard InChI is InChI=1S/C13H25N3O/c1-12-3-5-16(6-4-12)13(17)11-15-9-7-14(2)8-10-15/h12H,3-11H2,1-2H3. The molecule has 4 heteroatoms. The molecule has 0 spiro atoms. The molecule has 0 N–H and O–H groups in total. The van der Waals surface area contributed by atoms with Crippen molar-refractivity contribution in [1.29, 1.82) is 0 Å². The molecule has 2 rings (SSSR count). The van der Waals surface area contributed by atoms with Gasteiger partial charge in [0.1, 0.15) is 0 Å². The third kappa shape index (κ3) is 3.68. The molecular formula is C13H25N3O. The van der Waals surface area contributed by atoms with Crippen LogP contribution in [-0.4, -0.2) is 73.5 Å². The summed E-state index contributed by atoms with van der Waals surface area (Å²) in [6.45, 7) is 9.08. The maximum atomic E-state index is 12.1. The highest BCUT2D eigenvalue weighted by Crippen LogP contribution is 2.16. The summed E-state index contributed by atoms with van der Waals surface area (Å²) in [4.78, 5) is 18.8. The molecular weight excluding hydrogens is 214 g/mol. The predicted molar refractivity (Wildman–Crippen MR) is 68.9 cm³/mol. The Hall–Kier alpha value is -0.610. The zero-order chi connectivity index (χ0) is 12.3. The summed E-state index contributed by atoms with van der Waals surface area (Å²) in [7, 11) is 2.14. The van der Waals surface area contributed by atoms with Crippen molar-refractivity contribution < 1.29 is 4.79 Å². The summed E-state index contributed by atoms with van der Waals surface area (Å²) in [6.07, 6.45) is 2.35. The van der Waals surface area contributed by atoms with Crippen LogP contribution in [0.2, 0.25) is 0 Å². The molecule has 2 aliphatic rings. The van der Waals surface area contributed by atoms with Crippen molar-refractivity contribution in [1.82, 2.24) is 14.7 Å². The Morgan fingerprint density at radius 1 is 1.06 bits per heavy atom. The number of piperidine rings is 1. The van der Waals surface area contributed by atoms with Crippen LogP contribution in [0.5, 0.6) is 0 Å². The molecule has 0 radical (unpaired) electrons. The molecule has 0 aromatic carbocycles. The SMILES string of the molecule is CC1CCN(C(=O)CN2CCN(C)CC2)CC1. The fourth-order valence-electron chi connectivity index (χ4n) is 2.56. The first-order valence-electron chi connectivity index (χ1n) is 6.84. The van der Waals surface area contributed by atoms with Gasteiger partial charge in [0.05, 0.1) is 6.54 Å². The molecule has 2 saturated heterocycles. The third-order valence-corrected chi connectivity index (χ3v) is 4.09. The zero-order valence-corrected chi connectivity index (χ0v) is 11.2. The van der Waals surface area contributed by atoms with E-state index in [1.807, 2.05) is 0 Å². The van der Waals surface area contributed by atoms with Crippen LogP contribution in [0.1, 0.15) is 19.8 Å². The molecule has 0 unspecified atom stereocenters. The largest absolute Gasteiger partial charge is 0.342 e. The molecule has 4 nitrogen and oxygen atoms in total. The number of piperazine rings is 1. The van der Waals surface area contributed by atoms with Gasteiger partial charge in [-0.05, 0) is 25.8 Å². The highest BCUT2D eigenvalue weighted by molar-refractivity contribution is 5.78. The number of rotatable bonds is 2. The number of hydrogen-bond acceptors (Lipinski definition) is 3. The van der Waals surface area contributed by atoms with E-state index >= 15 is 0 Å². The van der Waals surface area contributed by atoms with Gasteiger partial charge in [0.25, 0.3) is 0 Å². The first kappa shape index (κ1) is 12.8. The Balaban J connectivity index is 1.73. The van der Waals surface area contributed by atoms with Crippen LogP contribution in [-0.2, 0) is 4.79 Å². The van der Waals surface area contributed by atoms with Gasteiger partial charge in [-0.3, -0.25) is 9.69 Å². The maximum Gasteiger partial charge on any atom is 0.236 e. The number of likely N-dealkylation sites (tertiary alicyclic amines) is 1. The Labute approximate surface area is 105 Å². The van der Waals surface area contributed by atoms with Crippen molar-refractivity contribution in [3.63, 3.8) is 0 Å². The van der Waals surface area contributed by atoms with E-state index in [9.17, 15) is 4.79 Å². The van der Waals surface area contributed by atoms with Crippen molar-refractivity contribution >= 4 is 5.91 Å². The van der Waals surface area contributed by atoms with E-state index in [2.05, 4.69) is 28.7 Å². The molecule has 1 amide bonds. The van der Waals surface area contributed by atoms with Gasteiger partial charge in [0, 0.05) is 39.3 Å². The lowest BCUT2D eigenvalue weighted by molar-refractivity contribution is -0.134. The maximum absolute atomic E-state index is 12.1. The summed E-state index contributed by atoms with van der Waals surface area (Å²) >= 11 is 0. The molecule has 0 aliphatic carbocycles. The van der Waals surface area contributed by atoms with Crippen LogP contribution >= 0.6 is 0 Å². The van der Waals surface area contributed by atoms with Crippen LogP contribution in [0, 0.1) is 5.92 Å². The zero-order valence-electron chi connectivity index (χ0n) is 11.2. The Morgan fingerprint density at radius 2 is 1.65 bits per heavy atom. The summed E-state index contributed by atoms with van der Waals surface area (Å²) in [5.74, 6) is 1.13. The third-order valence-electron chi connectivity index (χ3n) is 4.09. The van der Waals surface area contributed by atoms with Gasteiger partial charge in [-0.1, -0.05) is 6.92 Å². The van der Waals surface area contributed by atoms with Crippen LogP contribution in [0.25, 0.3) is 0 Å². The van der Waals surface area contributed by atoms with Crippen LogP contribution in [0.15, 0.2) is 0 Å². The highest BCUT2D eigenvalue weighted by Gasteiger charge is 2.23. The first-order valence-corrected chi connectivity index (χ1v) is 6.84. The summed E-state index contributed by atoms with van der Waals surface area (Å²) in [6, 6.07) is 0. The van der Waals surface area contributed by atoms with Gasteiger partial charge in [0.2, 0.25) is 5.91 Å². The average Bonchev–Trinajstić information content (AvgIpc) is 2.33.